The first-order valence-electron chi connectivity index (χ1n) is 5.22. The molecule has 0 saturated heterocycles. The number of hydrogen-bond acceptors (Lipinski definition) is 4. The van der Waals surface area contributed by atoms with E-state index in [0.717, 1.165) is 0 Å². The molecule has 8 heteroatoms. The van der Waals surface area contributed by atoms with E-state index in [2.05, 4.69) is 41.2 Å². The molecule has 0 aliphatic carbocycles. The van der Waals surface area contributed by atoms with Crippen LogP contribution in [0.1, 0.15) is 0 Å². The summed E-state index contributed by atoms with van der Waals surface area (Å²) in [5.41, 5.74) is 1.26. The van der Waals surface area contributed by atoms with Gasteiger partial charge >= 0.3 is 0 Å². The van der Waals surface area contributed by atoms with Crippen molar-refractivity contribution >= 4 is 50.2 Å². The minimum absolute atomic E-state index is 0.0413. The van der Waals surface area contributed by atoms with E-state index in [1.807, 2.05) is 0 Å². The fourth-order valence-electron chi connectivity index (χ4n) is 1.62. The Morgan fingerprint density at radius 3 is 2.95 bits per heavy atom. The first-order valence-corrected chi connectivity index (χ1v) is 6.39. The van der Waals surface area contributed by atoms with Gasteiger partial charge in [0.1, 0.15) is 11.3 Å². The number of fused-ring (bicyclic) bond motifs is 1. The second-order valence-corrected chi connectivity index (χ2v) is 4.95. The molecule has 3 rings (SSSR count). The van der Waals surface area contributed by atoms with Crippen molar-refractivity contribution in [3.05, 3.63) is 40.1 Å². The molecule has 0 aliphatic rings. The molecule has 5 nitrogen and oxygen atoms in total. The molecule has 0 spiro atoms. The highest BCUT2D eigenvalue weighted by atomic mass is 79.9. The molecule has 19 heavy (non-hydrogen) atoms. The molecule has 0 atom stereocenters. The highest BCUT2D eigenvalue weighted by Gasteiger charge is 2.11. The summed E-state index contributed by atoms with van der Waals surface area (Å²) in [6, 6.07) is 4.67. The zero-order valence-electron chi connectivity index (χ0n) is 9.28. The summed E-state index contributed by atoms with van der Waals surface area (Å²) in [7, 11) is 0. The number of anilines is 2. The van der Waals surface area contributed by atoms with Gasteiger partial charge in [-0.05, 0) is 29.8 Å². The molecule has 0 aliphatic heterocycles. The number of aromatic nitrogens is 4. The van der Waals surface area contributed by atoms with Gasteiger partial charge in [0, 0.05) is 4.47 Å². The van der Waals surface area contributed by atoms with Crippen LogP contribution in [0.15, 0.2) is 29.0 Å². The summed E-state index contributed by atoms with van der Waals surface area (Å²) in [4.78, 5) is 14.8. The molecular formula is C11H6BrClFN5. The van der Waals surface area contributed by atoms with Gasteiger partial charge in [-0.15, -0.1) is 0 Å². The lowest BCUT2D eigenvalue weighted by atomic mass is 10.3. The molecule has 0 saturated carbocycles. The van der Waals surface area contributed by atoms with Crippen molar-refractivity contribution in [3.63, 3.8) is 0 Å². The molecular weight excluding hydrogens is 337 g/mol. The van der Waals surface area contributed by atoms with Crippen molar-refractivity contribution in [3.8, 4) is 0 Å². The first-order chi connectivity index (χ1) is 9.13. The number of benzene rings is 1. The third-order valence-electron chi connectivity index (χ3n) is 2.44. The molecule has 1 aromatic carbocycles. The standard InChI is InChI=1S/C11H6BrClFN5/c12-5-1-2-7(6(14)3-5)17-10-8-9(16-4-15-8)18-11(13)19-10/h1-4H,(H2,15,16,17,18,19). The zero-order valence-corrected chi connectivity index (χ0v) is 11.6. The third kappa shape index (κ3) is 2.39. The number of hydrogen-bond donors (Lipinski definition) is 2. The van der Waals surface area contributed by atoms with E-state index in [9.17, 15) is 4.39 Å². The van der Waals surface area contributed by atoms with Crippen molar-refractivity contribution in [2.75, 3.05) is 5.32 Å². The molecule has 0 radical (unpaired) electrons. The second-order valence-electron chi connectivity index (χ2n) is 3.69. The number of nitrogens with zero attached hydrogens (tertiary/aromatic N) is 3. The van der Waals surface area contributed by atoms with Gasteiger partial charge in [-0.3, -0.25) is 0 Å². The molecule has 3 aromatic rings. The van der Waals surface area contributed by atoms with Crippen LogP contribution in [0, 0.1) is 5.82 Å². The second kappa shape index (κ2) is 4.75. The Kier molecular flexibility index (Phi) is 3.08. The largest absolute Gasteiger partial charge is 0.340 e. The van der Waals surface area contributed by atoms with Crippen LogP contribution in [0.25, 0.3) is 11.2 Å². The maximum atomic E-state index is 13.8. The molecule has 0 unspecified atom stereocenters. The van der Waals surface area contributed by atoms with E-state index in [0.29, 0.717) is 21.5 Å². The van der Waals surface area contributed by atoms with E-state index in [1.54, 1.807) is 12.1 Å². The van der Waals surface area contributed by atoms with Crippen LogP contribution in [0.2, 0.25) is 5.28 Å². The molecule has 0 bridgehead atoms. The Bertz CT molecular complexity index is 760. The molecule has 2 heterocycles. The van der Waals surface area contributed by atoms with Crippen molar-refractivity contribution in [2.24, 2.45) is 0 Å². The summed E-state index contributed by atoms with van der Waals surface area (Å²) in [5, 5.41) is 2.91. The smallest absolute Gasteiger partial charge is 0.226 e. The first kappa shape index (κ1) is 12.3. The van der Waals surface area contributed by atoms with Crippen LogP contribution in [-0.4, -0.2) is 19.9 Å². The van der Waals surface area contributed by atoms with Gasteiger partial charge in [0.25, 0.3) is 0 Å². The molecule has 2 aromatic heterocycles. The van der Waals surface area contributed by atoms with Crippen molar-refractivity contribution < 1.29 is 4.39 Å². The summed E-state index contributed by atoms with van der Waals surface area (Å²) in [6.45, 7) is 0. The number of imidazole rings is 1. The Morgan fingerprint density at radius 2 is 2.16 bits per heavy atom. The van der Waals surface area contributed by atoms with Gasteiger partial charge < -0.3 is 10.3 Å². The van der Waals surface area contributed by atoms with Crippen molar-refractivity contribution in [2.45, 2.75) is 0 Å². The van der Waals surface area contributed by atoms with Crippen LogP contribution < -0.4 is 5.32 Å². The monoisotopic (exact) mass is 341 g/mol. The maximum absolute atomic E-state index is 13.8. The number of H-pyrrole nitrogens is 1. The van der Waals surface area contributed by atoms with E-state index in [4.69, 9.17) is 11.6 Å². The Morgan fingerprint density at radius 1 is 1.32 bits per heavy atom. The zero-order chi connectivity index (χ0) is 13.4. The summed E-state index contributed by atoms with van der Waals surface area (Å²) >= 11 is 8.99. The van der Waals surface area contributed by atoms with Crippen molar-refractivity contribution in [1.29, 1.82) is 0 Å². The van der Waals surface area contributed by atoms with Crippen LogP contribution in [0.5, 0.6) is 0 Å². The Labute approximate surface area is 120 Å². The van der Waals surface area contributed by atoms with Crippen LogP contribution in [0.3, 0.4) is 0 Å². The summed E-state index contributed by atoms with van der Waals surface area (Å²) in [5.74, 6) is -0.0366. The molecule has 2 N–H and O–H groups in total. The maximum Gasteiger partial charge on any atom is 0.226 e. The lowest BCUT2D eigenvalue weighted by molar-refractivity contribution is 0.631. The predicted molar refractivity (Wildman–Crippen MR) is 74.1 cm³/mol. The molecule has 0 fully saturated rings. The van der Waals surface area contributed by atoms with Crippen molar-refractivity contribution in [1.82, 2.24) is 19.9 Å². The highest BCUT2D eigenvalue weighted by Crippen LogP contribution is 2.26. The van der Waals surface area contributed by atoms with Gasteiger partial charge in [0.15, 0.2) is 11.5 Å². The van der Waals surface area contributed by atoms with Gasteiger partial charge in [-0.25, -0.2) is 9.37 Å². The fraction of sp³-hybridized carbons (Fsp3) is 0. The van der Waals surface area contributed by atoms with Crippen LogP contribution in [0.4, 0.5) is 15.9 Å². The van der Waals surface area contributed by atoms with Crippen LogP contribution >= 0.6 is 27.5 Å². The van der Waals surface area contributed by atoms with E-state index in [-0.39, 0.29) is 11.0 Å². The minimum Gasteiger partial charge on any atom is -0.340 e. The molecule has 0 amide bonds. The topological polar surface area (TPSA) is 66.5 Å². The lowest BCUT2D eigenvalue weighted by Gasteiger charge is -2.07. The number of aromatic amines is 1. The van der Waals surface area contributed by atoms with Gasteiger partial charge in [-0.2, -0.15) is 9.97 Å². The van der Waals surface area contributed by atoms with Gasteiger partial charge in [0.2, 0.25) is 5.28 Å². The minimum atomic E-state index is -0.406. The summed E-state index contributed by atoms with van der Waals surface area (Å²) < 4.78 is 14.4. The van der Waals surface area contributed by atoms with Crippen LogP contribution in [-0.2, 0) is 0 Å². The number of rotatable bonds is 2. The summed E-state index contributed by atoms with van der Waals surface area (Å²) in [6.07, 6.45) is 1.47. The fourth-order valence-corrected chi connectivity index (χ4v) is 2.11. The Balaban J connectivity index is 2.07. The van der Waals surface area contributed by atoms with Gasteiger partial charge in [0.05, 0.1) is 12.0 Å². The number of halogens is 3. The SMILES string of the molecule is Fc1cc(Br)ccc1Nc1nc(Cl)nc2nc[nH]c12. The predicted octanol–water partition coefficient (Wildman–Crippen LogP) is 3.65. The van der Waals surface area contributed by atoms with E-state index < -0.39 is 5.82 Å². The van der Waals surface area contributed by atoms with Gasteiger partial charge in [-0.1, -0.05) is 15.9 Å². The average Bonchev–Trinajstić information content (AvgIpc) is 2.80. The quantitative estimate of drug-likeness (QED) is 0.698. The number of nitrogens with one attached hydrogen (secondary N) is 2. The normalized spacial score (nSPS) is 10.9. The lowest BCUT2D eigenvalue weighted by Crippen LogP contribution is -1.99. The van der Waals surface area contributed by atoms with E-state index >= 15 is 0 Å². The van der Waals surface area contributed by atoms with E-state index in [1.165, 1.54) is 12.4 Å². The average molecular weight is 343 g/mol. The molecule has 96 valence electrons. The highest BCUT2D eigenvalue weighted by molar-refractivity contribution is 9.10. The Hall–Kier alpha value is -1.73. The third-order valence-corrected chi connectivity index (χ3v) is 3.10.